The maximum absolute atomic E-state index is 16.0. The molecule has 3 N–H and O–H groups in total. The number of hydrogen-bond donors (Lipinski definition) is 3. The molecule has 7 rings (SSSR count). The summed E-state index contributed by atoms with van der Waals surface area (Å²) in [5, 5.41) is 22.3. The lowest BCUT2D eigenvalue weighted by molar-refractivity contribution is -0.178. The number of esters is 1. The molecule has 3 amide bonds. The quantitative estimate of drug-likeness (QED) is 0.0753. The standard InChI is InChI=1S/C46H45N3O10/c1-3-23-47-42(52)37-39-43(53)59-40(32-17-8-5-9-18-32)38(31-15-6-4-7-16-31)49(39)41(33-19-10-11-20-36(33)57-26-25-51)46(37)34-29-30(14-12-13-24-50)21-22-35(34)48(44(46)54)45(55)58-28-27-56-2/h3-11,15-22,29,37-41,50-51H,1,13,23-28H2,2H3,(H,47,52)/t37-,38-,39-,40+,41+,46-/m1/s1. The first kappa shape index (κ1) is 40.9. The zero-order valence-corrected chi connectivity index (χ0v) is 32.5. The van der Waals surface area contributed by atoms with Crippen molar-refractivity contribution in [2.45, 2.75) is 36.1 Å². The van der Waals surface area contributed by atoms with Gasteiger partial charge in [-0.15, -0.1) is 6.58 Å². The molecule has 0 radical (unpaired) electrons. The fourth-order valence-corrected chi connectivity index (χ4v) is 8.71. The molecule has 2 fully saturated rings. The predicted molar refractivity (Wildman–Crippen MR) is 216 cm³/mol. The molecular weight excluding hydrogens is 755 g/mol. The summed E-state index contributed by atoms with van der Waals surface area (Å²) in [5.74, 6) is 2.49. The summed E-state index contributed by atoms with van der Waals surface area (Å²) < 4.78 is 23.4. The summed E-state index contributed by atoms with van der Waals surface area (Å²) >= 11 is 0. The molecule has 3 aliphatic heterocycles. The van der Waals surface area contributed by atoms with Gasteiger partial charge in [0.2, 0.25) is 11.8 Å². The Morgan fingerprint density at radius 2 is 1.61 bits per heavy atom. The van der Waals surface area contributed by atoms with Crippen molar-refractivity contribution in [3.05, 3.63) is 144 Å². The fraction of sp³-hybridized carbons (Fsp3) is 0.304. The molecule has 6 atom stereocenters. The van der Waals surface area contributed by atoms with Crippen LogP contribution in [0.3, 0.4) is 0 Å². The zero-order chi connectivity index (χ0) is 41.5. The molecule has 4 aromatic rings. The van der Waals surface area contributed by atoms with Gasteiger partial charge in [0.1, 0.15) is 36.5 Å². The summed E-state index contributed by atoms with van der Waals surface area (Å²) in [6.45, 7) is 3.05. The molecule has 13 nitrogen and oxygen atoms in total. The Kier molecular flexibility index (Phi) is 12.5. The van der Waals surface area contributed by atoms with E-state index in [4.69, 9.17) is 18.9 Å². The lowest BCUT2D eigenvalue weighted by Gasteiger charge is -2.46. The number of hydrogen-bond acceptors (Lipinski definition) is 11. The summed E-state index contributed by atoms with van der Waals surface area (Å²) in [6, 6.07) is 27.0. The molecule has 3 aliphatic rings. The molecular formula is C46H45N3O10. The Morgan fingerprint density at radius 1 is 0.898 bits per heavy atom. The number of morpholine rings is 1. The van der Waals surface area contributed by atoms with Crippen LogP contribution in [0, 0.1) is 17.8 Å². The number of aliphatic hydroxyl groups excluding tert-OH is 2. The third-order valence-electron chi connectivity index (χ3n) is 10.9. The average Bonchev–Trinajstić information content (AvgIpc) is 3.71. The second-order valence-electron chi connectivity index (χ2n) is 14.2. The summed E-state index contributed by atoms with van der Waals surface area (Å²) in [6.07, 6.45) is -0.273. The maximum atomic E-state index is 16.0. The highest BCUT2D eigenvalue weighted by Crippen LogP contribution is 2.66. The molecule has 0 unspecified atom stereocenters. The number of carbonyl (C=O) groups excluding carboxylic acids is 4. The fourth-order valence-electron chi connectivity index (χ4n) is 8.71. The van der Waals surface area contributed by atoms with Crippen LogP contribution in [0.1, 0.15) is 52.4 Å². The zero-order valence-electron chi connectivity index (χ0n) is 32.5. The van der Waals surface area contributed by atoms with E-state index in [9.17, 15) is 15.0 Å². The van der Waals surface area contributed by atoms with E-state index < -0.39 is 59.4 Å². The molecule has 304 valence electrons. The van der Waals surface area contributed by atoms with Crippen molar-refractivity contribution in [1.82, 2.24) is 10.2 Å². The van der Waals surface area contributed by atoms with E-state index in [1.54, 1.807) is 42.5 Å². The van der Waals surface area contributed by atoms with Crippen LogP contribution in [0.5, 0.6) is 5.75 Å². The van der Waals surface area contributed by atoms with Crippen molar-refractivity contribution >= 4 is 29.6 Å². The normalized spacial score (nSPS) is 23.1. The largest absolute Gasteiger partial charge is 0.491 e. The van der Waals surface area contributed by atoms with Crippen LogP contribution >= 0.6 is 0 Å². The molecule has 0 bridgehead atoms. The number of para-hydroxylation sites is 1. The Bertz CT molecular complexity index is 2260. The van der Waals surface area contributed by atoms with E-state index in [-0.39, 0.29) is 63.0 Å². The number of imide groups is 1. The third kappa shape index (κ3) is 7.36. The van der Waals surface area contributed by atoms with Gasteiger partial charge < -0.3 is 34.5 Å². The van der Waals surface area contributed by atoms with Crippen LogP contribution in [0.2, 0.25) is 0 Å². The van der Waals surface area contributed by atoms with Crippen molar-refractivity contribution in [2.24, 2.45) is 5.92 Å². The van der Waals surface area contributed by atoms with E-state index in [0.717, 1.165) is 10.5 Å². The first-order valence-electron chi connectivity index (χ1n) is 19.4. The van der Waals surface area contributed by atoms with Crippen LogP contribution in [-0.2, 0) is 34.0 Å². The van der Waals surface area contributed by atoms with Gasteiger partial charge in [0.05, 0.1) is 43.5 Å². The minimum atomic E-state index is -2.06. The molecule has 0 aromatic heterocycles. The molecule has 0 saturated carbocycles. The molecule has 1 spiro atoms. The van der Waals surface area contributed by atoms with Crippen LogP contribution in [-0.4, -0.2) is 91.7 Å². The average molecular weight is 800 g/mol. The highest BCUT2D eigenvalue weighted by molar-refractivity contribution is 6.23. The number of anilines is 1. The molecule has 59 heavy (non-hydrogen) atoms. The summed E-state index contributed by atoms with van der Waals surface area (Å²) in [7, 11) is 1.45. The monoisotopic (exact) mass is 799 g/mol. The van der Waals surface area contributed by atoms with Crippen LogP contribution < -0.4 is 15.0 Å². The third-order valence-corrected chi connectivity index (χ3v) is 10.9. The number of carbonyl (C=O) groups is 4. The van der Waals surface area contributed by atoms with Gasteiger partial charge in [-0.3, -0.25) is 19.3 Å². The van der Waals surface area contributed by atoms with E-state index >= 15 is 14.4 Å². The Labute approximate surface area is 342 Å². The van der Waals surface area contributed by atoms with Crippen molar-refractivity contribution < 1.29 is 48.3 Å². The van der Waals surface area contributed by atoms with E-state index in [1.165, 1.54) is 13.2 Å². The van der Waals surface area contributed by atoms with Crippen LogP contribution in [0.15, 0.2) is 116 Å². The highest BCUT2D eigenvalue weighted by Gasteiger charge is 2.76. The Hall–Kier alpha value is -6.30. The van der Waals surface area contributed by atoms with Crippen molar-refractivity contribution in [3.8, 4) is 17.6 Å². The first-order chi connectivity index (χ1) is 28.8. The number of rotatable bonds is 13. The number of amides is 3. The minimum Gasteiger partial charge on any atom is -0.491 e. The number of ether oxygens (including phenoxy) is 4. The van der Waals surface area contributed by atoms with E-state index in [1.807, 2.05) is 65.6 Å². The van der Waals surface area contributed by atoms with Gasteiger partial charge in [-0.2, -0.15) is 0 Å². The number of cyclic esters (lactones) is 1. The van der Waals surface area contributed by atoms with Crippen LogP contribution in [0.25, 0.3) is 0 Å². The number of nitrogens with one attached hydrogen (secondary N) is 1. The Balaban J connectivity index is 1.61. The van der Waals surface area contributed by atoms with Crippen molar-refractivity contribution in [1.29, 1.82) is 0 Å². The van der Waals surface area contributed by atoms with Gasteiger partial charge >= 0.3 is 12.1 Å². The molecule has 0 aliphatic carbocycles. The van der Waals surface area contributed by atoms with Gasteiger partial charge in [-0.05, 0) is 41.0 Å². The van der Waals surface area contributed by atoms with Gasteiger partial charge in [0.15, 0.2) is 0 Å². The lowest BCUT2D eigenvalue weighted by atomic mass is 9.65. The summed E-state index contributed by atoms with van der Waals surface area (Å²) in [5.41, 5.74) is 0.567. The number of nitrogens with zero attached hydrogens (tertiary/aromatic N) is 2. The van der Waals surface area contributed by atoms with Crippen LogP contribution in [0.4, 0.5) is 10.5 Å². The Morgan fingerprint density at radius 3 is 2.31 bits per heavy atom. The lowest BCUT2D eigenvalue weighted by Crippen LogP contribution is -2.55. The molecule has 2 saturated heterocycles. The van der Waals surface area contributed by atoms with Crippen molar-refractivity contribution in [2.75, 3.05) is 51.6 Å². The highest BCUT2D eigenvalue weighted by atomic mass is 16.6. The number of benzene rings is 4. The number of methoxy groups -OCH3 is 1. The van der Waals surface area contributed by atoms with Gasteiger partial charge in [-0.1, -0.05) is 96.8 Å². The van der Waals surface area contributed by atoms with Gasteiger partial charge in [-0.25, -0.2) is 9.69 Å². The minimum absolute atomic E-state index is 0.000698. The van der Waals surface area contributed by atoms with E-state index in [0.29, 0.717) is 16.7 Å². The molecule has 4 aromatic carbocycles. The SMILES string of the molecule is C=CCNC(=O)[C@H]1[C@@H]2C(=O)O[C@@H](c3ccccc3)[C@@H](c3ccccc3)N2[C@@H](c2ccccc2OCCO)[C@]12C(=O)N(C(=O)OCCOC)c1ccc(C#CCCO)cc12. The second-order valence-corrected chi connectivity index (χ2v) is 14.2. The maximum Gasteiger partial charge on any atom is 0.421 e. The topological polar surface area (TPSA) is 164 Å². The number of fused-ring (bicyclic) bond motifs is 3. The van der Waals surface area contributed by atoms with Gasteiger partial charge in [0.25, 0.3) is 0 Å². The second kappa shape index (κ2) is 18.1. The summed E-state index contributed by atoms with van der Waals surface area (Å²) in [4.78, 5) is 63.2. The van der Waals surface area contributed by atoms with E-state index in [2.05, 4.69) is 23.7 Å². The smallest absolute Gasteiger partial charge is 0.421 e. The number of aliphatic hydroxyl groups is 2. The molecule has 3 heterocycles. The molecule has 13 heteroatoms. The van der Waals surface area contributed by atoms with Gasteiger partial charge in [0, 0.05) is 31.2 Å². The van der Waals surface area contributed by atoms with Crippen molar-refractivity contribution in [3.63, 3.8) is 0 Å². The first-order valence-corrected chi connectivity index (χ1v) is 19.4. The predicted octanol–water partition coefficient (Wildman–Crippen LogP) is 4.54.